The van der Waals surface area contributed by atoms with E-state index in [2.05, 4.69) is 21.0 Å². The van der Waals surface area contributed by atoms with Crippen LogP contribution >= 0.6 is 23.4 Å². The fourth-order valence-corrected chi connectivity index (χ4v) is 3.33. The lowest BCUT2D eigenvalue weighted by molar-refractivity contribution is 0.630. The first-order chi connectivity index (χ1) is 11.2. The van der Waals surface area contributed by atoms with Gasteiger partial charge in [0.15, 0.2) is 5.16 Å². The summed E-state index contributed by atoms with van der Waals surface area (Å²) in [5.74, 6) is 0.233. The van der Waals surface area contributed by atoms with Crippen LogP contribution in [-0.4, -0.2) is 15.0 Å². The minimum absolute atomic E-state index is 0.0803. The molecule has 0 fully saturated rings. The lowest BCUT2D eigenvalue weighted by atomic mass is 10.2. The van der Waals surface area contributed by atoms with Crippen LogP contribution in [0.5, 0.6) is 0 Å². The molecule has 0 aliphatic carbocycles. The predicted molar refractivity (Wildman–Crippen MR) is 92.4 cm³/mol. The second kappa shape index (κ2) is 5.83. The third-order valence-electron chi connectivity index (χ3n) is 3.52. The van der Waals surface area contributed by atoms with E-state index >= 15 is 0 Å². The van der Waals surface area contributed by atoms with Gasteiger partial charge in [0.05, 0.1) is 27.3 Å². The number of rotatable bonds is 3. The minimum atomic E-state index is -0.449. The topological polar surface area (TPSA) is 41.6 Å². The Balaban J connectivity index is 1.57. The van der Waals surface area contributed by atoms with Crippen molar-refractivity contribution in [2.24, 2.45) is 0 Å². The van der Waals surface area contributed by atoms with Gasteiger partial charge in [0.2, 0.25) is 0 Å². The number of hydrogen-bond acceptors (Lipinski definition) is 3. The molecule has 2 aromatic heterocycles. The van der Waals surface area contributed by atoms with Crippen LogP contribution in [0.25, 0.3) is 21.9 Å². The third-order valence-corrected chi connectivity index (χ3v) is 4.71. The Bertz CT molecular complexity index is 976. The van der Waals surface area contributed by atoms with E-state index in [0.29, 0.717) is 16.8 Å². The van der Waals surface area contributed by atoms with Gasteiger partial charge < -0.3 is 4.98 Å². The van der Waals surface area contributed by atoms with Crippen molar-refractivity contribution in [3.05, 3.63) is 65.1 Å². The number of nitrogens with zero attached hydrogens (tertiary/aromatic N) is 2. The molecule has 0 saturated heterocycles. The summed E-state index contributed by atoms with van der Waals surface area (Å²) in [5.41, 5.74) is 3.24. The summed E-state index contributed by atoms with van der Waals surface area (Å²) in [7, 11) is 0. The molecule has 0 unspecified atom stereocenters. The van der Waals surface area contributed by atoms with Crippen LogP contribution in [0.2, 0.25) is 5.02 Å². The number of pyridine rings is 1. The highest BCUT2D eigenvalue weighted by Gasteiger charge is 2.08. The number of aromatic nitrogens is 3. The van der Waals surface area contributed by atoms with E-state index in [1.54, 1.807) is 0 Å². The Morgan fingerprint density at radius 3 is 2.83 bits per heavy atom. The van der Waals surface area contributed by atoms with E-state index in [9.17, 15) is 4.39 Å². The summed E-state index contributed by atoms with van der Waals surface area (Å²) in [4.78, 5) is 12.1. The van der Waals surface area contributed by atoms with Crippen LogP contribution in [0.1, 0.15) is 5.69 Å². The van der Waals surface area contributed by atoms with E-state index in [-0.39, 0.29) is 5.02 Å². The summed E-state index contributed by atoms with van der Waals surface area (Å²) in [6, 6.07) is 15.0. The van der Waals surface area contributed by atoms with Gasteiger partial charge in [-0.25, -0.2) is 9.37 Å². The first-order valence-electron chi connectivity index (χ1n) is 7.01. The fourth-order valence-electron chi connectivity index (χ4n) is 2.38. The van der Waals surface area contributed by atoms with Crippen molar-refractivity contribution >= 4 is 45.3 Å². The van der Waals surface area contributed by atoms with E-state index in [1.807, 2.05) is 30.3 Å². The first-order valence-corrected chi connectivity index (χ1v) is 8.38. The van der Waals surface area contributed by atoms with Crippen molar-refractivity contribution < 1.29 is 4.39 Å². The van der Waals surface area contributed by atoms with Crippen LogP contribution in [0.4, 0.5) is 4.39 Å². The molecule has 0 aliphatic rings. The molecular weight excluding hydrogens is 333 g/mol. The number of hydrogen-bond donors (Lipinski definition) is 1. The largest absolute Gasteiger partial charge is 0.333 e. The molecule has 4 aromatic rings. The summed E-state index contributed by atoms with van der Waals surface area (Å²) in [5, 5.41) is 1.92. The first kappa shape index (κ1) is 14.5. The van der Waals surface area contributed by atoms with Crippen LogP contribution < -0.4 is 0 Å². The normalized spacial score (nSPS) is 11.4. The molecular formula is C17H11ClFN3S. The highest BCUT2D eigenvalue weighted by molar-refractivity contribution is 7.98. The highest BCUT2D eigenvalue weighted by atomic mass is 35.5. The molecule has 114 valence electrons. The van der Waals surface area contributed by atoms with Gasteiger partial charge in [0, 0.05) is 17.2 Å². The number of para-hydroxylation sites is 1. The van der Waals surface area contributed by atoms with Crippen LogP contribution in [0, 0.1) is 5.82 Å². The maximum absolute atomic E-state index is 13.5. The second-order valence-electron chi connectivity index (χ2n) is 5.11. The number of fused-ring (bicyclic) bond motifs is 2. The minimum Gasteiger partial charge on any atom is -0.333 e. The van der Waals surface area contributed by atoms with E-state index in [4.69, 9.17) is 11.6 Å². The summed E-state index contributed by atoms with van der Waals surface area (Å²) in [6.45, 7) is 0. The van der Waals surface area contributed by atoms with Crippen LogP contribution in [-0.2, 0) is 5.75 Å². The number of nitrogens with one attached hydrogen (secondary N) is 1. The number of imidazole rings is 1. The molecule has 6 heteroatoms. The molecule has 0 bridgehead atoms. The predicted octanol–water partition coefficient (Wildman–Crippen LogP) is 5.20. The Morgan fingerprint density at radius 1 is 1.04 bits per heavy atom. The molecule has 1 N–H and O–H groups in total. The molecule has 2 heterocycles. The average molecular weight is 344 g/mol. The number of aromatic amines is 1. The lowest BCUT2D eigenvalue weighted by Gasteiger charge is -2.01. The van der Waals surface area contributed by atoms with E-state index in [0.717, 1.165) is 21.8 Å². The Labute approximate surface area is 140 Å². The summed E-state index contributed by atoms with van der Waals surface area (Å²) < 4.78 is 13.5. The van der Waals surface area contributed by atoms with Gasteiger partial charge in [-0.05, 0) is 18.2 Å². The highest BCUT2D eigenvalue weighted by Crippen LogP contribution is 2.26. The van der Waals surface area contributed by atoms with Crippen molar-refractivity contribution in [1.82, 2.24) is 15.0 Å². The van der Waals surface area contributed by atoms with Crippen molar-refractivity contribution in [1.29, 1.82) is 0 Å². The summed E-state index contributed by atoms with van der Waals surface area (Å²) >= 11 is 7.30. The molecule has 0 amide bonds. The Hall–Kier alpha value is -2.11. The summed E-state index contributed by atoms with van der Waals surface area (Å²) in [6.07, 6.45) is 0. The SMILES string of the molecule is Fc1cc2[nH]c(SCc3ccc4ccccc4n3)nc2cc1Cl. The second-order valence-corrected chi connectivity index (χ2v) is 6.48. The third kappa shape index (κ3) is 2.90. The standard InChI is InChI=1S/C17H11ClFN3S/c18-12-7-15-16(8-13(12)19)22-17(21-15)23-9-11-6-5-10-3-1-2-4-14(10)20-11/h1-8H,9H2,(H,21,22). The molecule has 0 atom stereocenters. The van der Waals surface area contributed by atoms with Crippen LogP contribution in [0.3, 0.4) is 0 Å². The van der Waals surface area contributed by atoms with Crippen molar-refractivity contribution in [2.45, 2.75) is 10.9 Å². The molecule has 2 aromatic carbocycles. The van der Waals surface area contributed by atoms with Gasteiger partial charge in [-0.2, -0.15) is 0 Å². The van der Waals surface area contributed by atoms with E-state index < -0.39 is 5.82 Å². The van der Waals surface area contributed by atoms with Crippen LogP contribution in [0.15, 0.2) is 53.7 Å². The zero-order valence-corrected chi connectivity index (χ0v) is 13.5. The van der Waals surface area contributed by atoms with Gasteiger partial charge in [0.1, 0.15) is 5.82 Å². The van der Waals surface area contributed by atoms with Gasteiger partial charge in [-0.1, -0.05) is 47.6 Å². The van der Waals surface area contributed by atoms with Gasteiger partial charge >= 0.3 is 0 Å². The maximum Gasteiger partial charge on any atom is 0.166 e. The van der Waals surface area contributed by atoms with Gasteiger partial charge in [-0.15, -0.1) is 0 Å². The number of halogens is 2. The Kier molecular flexibility index (Phi) is 3.67. The lowest BCUT2D eigenvalue weighted by Crippen LogP contribution is -1.88. The maximum atomic E-state index is 13.5. The smallest absolute Gasteiger partial charge is 0.166 e. The molecule has 0 radical (unpaired) electrons. The molecule has 0 spiro atoms. The molecule has 4 rings (SSSR count). The molecule has 0 saturated carbocycles. The molecule has 23 heavy (non-hydrogen) atoms. The molecule has 3 nitrogen and oxygen atoms in total. The van der Waals surface area contributed by atoms with E-state index in [1.165, 1.54) is 23.9 Å². The van der Waals surface area contributed by atoms with Crippen molar-refractivity contribution in [2.75, 3.05) is 0 Å². The van der Waals surface area contributed by atoms with Gasteiger partial charge in [-0.3, -0.25) is 4.98 Å². The average Bonchev–Trinajstić information content (AvgIpc) is 2.95. The number of benzene rings is 2. The quantitative estimate of drug-likeness (QED) is 0.520. The Morgan fingerprint density at radius 2 is 1.91 bits per heavy atom. The fraction of sp³-hybridized carbons (Fsp3) is 0.0588. The number of H-pyrrole nitrogens is 1. The van der Waals surface area contributed by atoms with Crippen molar-refractivity contribution in [3.8, 4) is 0 Å². The zero-order valence-electron chi connectivity index (χ0n) is 11.9. The molecule has 0 aliphatic heterocycles. The zero-order chi connectivity index (χ0) is 15.8. The van der Waals surface area contributed by atoms with Gasteiger partial charge in [0.25, 0.3) is 0 Å². The van der Waals surface area contributed by atoms with Crippen molar-refractivity contribution in [3.63, 3.8) is 0 Å². The number of thioether (sulfide) groups is 1. The monoisotopic (exact) mass is 343 g/mol.